The first-order valence-electron chi connectivity index (χ1n) is 29.5. The van der Waals surface area contributed by atoms with Crippen molar-refractivity contribution in [3.63, 3.8) is 0 Å². The van der Waals surface area contributed by atoms with E-state index in [-0.39, 0.29) is 48.3 Å². The van der Waals surface area contributed by atoms with Crippen molar-refractivity contribution < 1.29 is 33.4 Å². The molecule has 4 amide bonds. The van der Waals surface area contributed by atoms with Crippen LogP contribution in [0.2, 0.25) is 0 Å². The number of nitrogens with one attached hydrogen (secondary N) is 1. The summed E-state index contributed by atoms with van der Waals surface area (Å²) in [6, 6.07) is 43.3. The molecule has 4 fully saturated rings. The van der Waals surface area contributed by atoms with Gasteiger partial charge < -0.3 is 32.5 Å². The fourth-order valence-electron chi connectivity index (χ4n) is 17.0. The molecule has 85 heavy (non-hydrogen) atoms. The highest BCUT2D eigenvalue weighted by molar-refractivity contribution is 7.54. The number of methoxy groups -OCH3 is 1. The Kier molecular flexibility index (Phi) is 12.2. The van der Waals surface area contributed by atoms with Crippen LogP contribution in [0, 0.1) is 0 Å². The number of carbonyl (C=O) groups excluding carboxylic acids is 4. The van der Waals surface area contributed by atoms with Crippen molar-refractivity contribution in [2.75, 3.05) is 59.7 Å². The molecule has 19 rings (SSSR count). The summed E-state index contributed by atoms with van der Waals surface area (Å²) in [6.45, 7) is 7.05. The van der Waals surface area contributed by atoms with E-state index in [0.717, 1.165) is 177 Å². The van der Waals surface area contributed by atoms with E-state index in [1.807, 2.05) is 42.5 Å². The lowest BCUT2D eigenvalue weighted by atomic mass is 9.96. The SMILES string of the molecule is COc1ccc(CN2C(=O)c3c(c4c5ccccc5n5c4c4c3c3ccccc3n4C3CC5[C@@H](N4CCOCC4)C3)C2=O)cc1.O=C1NC(=O)c2c1c1c3ccccc3n3c1c1c2c2ccccc2n1C1CC3C[C@@H]1N1CCOCC1.[Cl][Al]([Cl])[Cl]. The molecule has 0 spiro atoms. The van der Waals surface area contributed by atoms with Gasteiger partial charge in [-0.1, -0.05) is 84.9 Å². The highest BCUT2D eigenvalue weighted by Crippen LogP contribution is 2.57. The lowest BCUT2D eigenvalue weighted by Crippen LogP contribution is -2.45. The van der Waals surface area contributed by atoms with Crippen molar-refractivity contribution >= 4 is 152 Å². The van der Waals surface area contributed by atoms with Gasteiger partial charge in [-0.3, -0.25) is 39.2 Å². The molecule has 2 saturated heterocycles. The molecule has 1 N–H and O–H groups in total. The van der Waals surface area contributed by atoms with E-state index >= 15 is 0 Å². The molecule has 7 aromatic carbocycles. The third-order valence-electron chi connectivity index (χ3n) is 20.1. The molecule has 11 aromatic rings. The fraction of sp³-hybridized carbons (Fsp3) is 0.303. The number of morpholine rings is 2. The minimum absolute atomic E-state index is 0.209. The topological polar surface area (TPSA) is 137 Å². The third-order valence-corrected chi connectivity index (χ3v) is 20.1. The molecule has 426 valence electrons. The number of hydrogen-bond donors (Lipinski definition) is 1. The minimum atomic E-state index is -1.72. The summed E-state index contributed by atoms with van der Waals surface area (Å²) in [6.07, 6.45) is 4.14. The number of para-hydroxylation sites is 4. The number of fused-ring (bicyclic) bond motifs is 26. The predicted octanol–water partition coefficient (Wildman–Crippen LogP) is 12.4. The Bertz CT molecular complexity index is 4730. The van der Waals surface area contributed by atoms with Crippen LogP contribution in [0.25, 0.3) is 87.2 Å². The van der Waals surface area contributed by atoms with Gasteiger partial charge in [0.25, 0.3) is 23.6 Å². The maximum absolute atomic E-state index is 14.6. The zero-order valence-electron chi connectivity index (χ0n) is 46.4. The zero-order chi connectivity index (χ0) is 57.3. The maximum Gasteiger partial charge on any atom is 0.643 e. The summed E-state index contributed by atoms with van der Waals surface area (Å²) < 4.78 is 26.9. The van der Waals surface area contributed by atoms with Gasteiger partial charge in [-0.2, -0.15) is 0 Å². The maximum atomic E-state index is 14.6. The Morgan fingerprint density at radius 1 is 0.471 bits per heavy atom. The van der Waals surface area contributed by atoms with Crippen molar-refractivity contribution in [2.45, 2.75) is 68.5 Å². The first kappa shape index (κ1) is 52.4. The van der Waals surface area contributed by atoms with Gasteiger partial charge in [0.15, 0.2) is 0 Å². The first-order valence-corrected chi connectivity index (χ1v) is 34.8. The Morgan fingerprint density at radius 3 is 1.20 bits per heavy atom. The standard InChI is InChI=1S/C37H32N4O4.C29H24N4O3.Al.3ClH/c1-44-23-12-10-21(11-13-23)20-39-36(42)32-30-24-6-2-4-8-26(24)40-22-18-28(38-14-16-45-17-15-38)29(19-22)41-27-9-5-3-7-25(27)31(33(32)37(39)43)35(41)34(30)40;34-28-24-22-16-5-1-3-7-18(16)32-15-13-20(31-9-11-36-12-10-31)21(14-15)33-19-8-4-2-6-17(19)23(27(33)26(22)32)25(24)29(35)30-28;;;;/h2-13,22,28-29H,14-20H2,1H3;1-8,15,20-21H,9-14H2,(H,30,34,35);;3*1H/q;;+3;;;/p-3/t22?,28-,29?;15?,20-,21?;;;;/m00..../s1. The van der Waals surface area contributed by atoms with Gasteiger partial charge in [0.05, 0.1) is 96.5 Å². The van der Waals surface area contributed by atoms with E-state index in [2.05, 4.69) is 112 Å². The van der Waals surface area contributed by atoms with Crippen LogP contribution < -0.4 is 10.1 Å². The van der Waals surface area contributed by atoms with E-state index in [1.165, 1.54) is 4.90 Å². The number of ether oxygens (including phenoxy) is 3. The van der Waals surface area contributed by atoms with Crippen molar-refractivity contribution in [1.82, 2.24) is 38.3 Å². The van der Waals surface area contributed by atoms with Crippen LogP contribution in [-0.4, -0.2) is 140 Å². The molecule has 4 bridgehead atoms. The molecule has 2 saturated carbocycles. The largest absolute Gasteiger partial charge is 0.643 e. The average Bonchev–Trinajstić information content (AvgIpc) is 1.52. The number of halogens is 3. The molecule has 6 atom stereocenters. The smallest absolute Gasteiger partial charge is 0.497 e. The van der Waals surface area contributed by atoms with Crippen LogP contribution in [-0.2, 0) is 16.0 Å². The normalized spacial score (nSPS) is 23.2. The molecule has 15 nitrogen and oxygen atoms in total. The van der Waals surface area contributed by atoms with E-state index in [4.69, 9.17) is 44.4 Å². The Labute approximate surface area is 503 Å². The number of rotatable bonds is 5. The lowest BCUT2D eigenvalue weighted by Gasteiger charge is -2.37. The Morgan fingerprint density at radius 2 is 0.812 bits per heavy atom. The van der Waals surface area contributed by atoms with E-state index in [1.54, 1.807) is 7.11 Å². The van der Waals surface area contributed by atoms with Crippen molar-refractivity contribution in [1.29, 1.82) is 0 Å². The summed E-state index contributed by atoms with van der Waals surface area (Å²) in [5.74, 6) is -0.253. The number of nitrogens with zero attached hydrogens (tertiary/aromatic N) is 7. The number of aromatic nitrogens is 4. The molecule has 10 heterocycles. The second kappa shape index (κ2) is 19.8. The van der Waals surface area contributed by atoms with Crippen molar-refractivity contribution in [3.05, 3.63) is 149 Å². The molecule has 4 unspecified atom stereocenters. The molecule has 0 radical (unpaired) electrons. The van der Waals surface area contributed by atoms with E-state index in [0.29, 0.717) is 40.4 Å². The van der Waals surface area contributed by atoms with Crippen LogP contribution in [0.1, 0.15) is 96.8 Å². The molecular weight excluding hydrogens is 1150 g/mol. The summed E-state index contributed by atoms with van der Waals surface area (Å²) >= 11 is -1.72. The molecular formula is C66H56AlCl3N8O7. The average molecular weight is 1210 g/mol. The molecule has 19 heteroatoms. The summed E-state index contributed by atoms with van der Waals surface area (Å²) in [7, 11) is 16.5. The number of carbonyl (C=O) groups is 4. The lowest BCUT2D eigenvalue weighted by molar-refractivity contribution is 0.00963. The quantitative estimate of drug-likeness (QED) is 0.132. The van der Waals surface area contributed by atoms with Crippen LogP contribution in [0.3, 0.4) is 0 Å². The Hall–Kier alpha value is -6.94. The second-order valence-corrected chi connectivity index (χ2v) is 30.3. The minimum Gasteiger partial charge on any atom is -0.497 e. The van der Waals surface area contributed by atoms with Crippen LogP contribution >= 0.6 is 30.1 Å². The van der Waals surface area contributed by atoms with Gasteiger partial charge in [0, 0.05) is 116 Å². The molecule has 2 aliphatic carbocycles. The van der Waals surface area contributed by atoms with Gasteiger partial charge in [0.2, 0.25) is 0 Å². The molecule has 4 aromatic heterocycles. The van der Waals surface area contributed by atoms with Crippen LogP contribution in [0.15, 0.2) is 121 Å². The third kappa shape index (κ3) is 7.47. The van der Waals surface area contributed by atoms with E-state index < -0.39 is 11.4 Å². The highest BCUT2D eigenvalue weighted by Gasteiger charge is 2.50. The van der Waals surface area contributed by atoms with Crippen molar-refractivity contribution in [2.24, 2.45) is 0 Å². The number of hydrogen-bond acceptors (Lipinski definition) is 9. The fourth-order valence-corrected chi connectivity index (χ4v) is 17.0. The number of benzene rings is 7. The van der Waals surface area contributed by atoms with Gasteiger partial charge in [-0.15, -0.1) is 0 Å². The summed E-state index contributed by atoms with van der Waals surface area (Å²) in [5.41, 5.74) is 12.1. The predicted molar refractivity (Wildman–Crippen MR) is 334 cm³/mol. The zero-order valence-corrected chi connectivity index (χ0v) is 49.8. The second-order valence-electron chi connectivity index (χ2n) is 23.8. The van der Waals surface area contributed by atoms with Gasteiger partial charge in [-0.25, -0.2) is 30.1 Å². The van der Waals surface area contributed by atoms with Gasteiger partial charge >= 0.3 is 11.4 Å². The van der Waals surface area contributed by atoms with Gasteiger partial charge in [-0.05, 0) is 67.6 Å². The summed E-state index contributed by atoms with van der Waals surface area (Å²) in [4.78, 5) is 62.5. The monoisotopic (exact) mass is 1200 g/mol. The molecule has 6 aliphatic heterocycles. The summed E-state index contributed by atoms with van der Waals surface area (Å²) in [5, 5.41) is 10.5. The number of amides is 4. The van der Waals surface area contributed by atoms with E-state index in [9.17, 15) is 19.2 Å². The molecule has 8 aliphatic rings. The van der Waals surface area contributed by atoms with Crippen LogP contribution in [0.4, 0.5) is 0 Å². The number of imide groups is 2. The first-order chi connectivity index (χ1) is 41.6. The van der Waals surface area contributed by atoms with Gasteiger partial charge in [0.1, 0.15) is 5.75 Å². The van der Waals surface area contributed by atoms with Crippen LogP contribution in [0.5, 0.6) is 5.75 Å². The van der Waals surface area contributed by atoms with Crippen molar-refractivity contribution in [3.8, 4) is 5.75 Å². The highest BCUT2D eigenvalue weighted by atomic mass is 35.8. The Balaban J connectivity index is 0.000000128.